The van der Waals surface area contributed by atoms with Crippen LogP contribution >= 0.6 is 0 Å². The highest BCUT2D eigenvalue weighted by Crippen LogP contribution is 2.38. The van der Waals surface area contributed by atoms with Gasteiger partial charge in [0.1, 0.15) is 5.52 Å². The summed E-state index contributed by atoms with van der Waals surface area (Å²) in [6.45, 7) is 7.70. The van der Waals surface area contributed by atoms with Gasteiger partial charge in [-0.25, -0.2) is 4.39 Å². The predicted molar refractivity (Wildman–Crippen MR) is 88.9 cm³/mol. The fraction of sp³-hybridized carbons (Fsp3) is 0.562. The lowest BCUT2D eigenvalue weighted by atomic mass is 9.77. The van der Waals surface area contributed by atoms with Gasteiger partial charge in [0, 0.05) is 31.2 Å². The van der Waals surface area contributed by atoms with Crippen LogP contribution in [0.3, 0.4) is 0 Å². The number of ether oxygens (including phenoxy) is 2. The maximum atomic E-state index is 14.9. The van der Waals surface area contributed by atoms with Gasteiger partial charge in [-0.1, -0.05) is 0 Å². The van der Waals surface area contributed by atoms with Crippen LogP contribution in [0.15, 0.2) is 12.3 Å². The third-order valence-electron chi connectivity index (χ3n) is 4.67. The first-order valence-electron chi connectivity index (χ1n) is 7.79. The lowest BCUT2D eigenvalue weighted by Crippen LogP contribution is -2.41. The molecule has 3 rings (SSSR count). The van der Waals surface area contributed by atoms with Crippen LogP contribution in [-0.4, -0.2) is 42.0 Å². The fourth-order valence-electron chi connectivity index (χ4n) is 2.66. The number of halogens is 1. The zero-order valence-electron chi connectivity index (χ0n) is 14.8. The van der Waals surface area contributed by atoms with Gasteiger partial charge in [0.25, 0.3) is 0 Å². The van der Waals surface area contributed by atoms with E-state index in [1.54, 1.807) is 24.0 Å². The Balaban J connectivity index is 2.12. The summed E-state index contributed by atoms with van der Waals surface area (Å²) in [7, 11) is 2.48. The van der Waals surface area contributed by atoms with E-state index in [9.17, 15) is 4.39 Å². The van der Waals surface area contributed by atoms with Crippen molar-refractivity contribution >= 4 is 23.5 Å². The summed E-state index contributed by atoms with van der Waals surface area (Å²) >= 11 is 0. The van der Waals surface area contributed by atoms with Gasteiger partial charge in [-0.05, 0) is 33.8 Å². The summed E-state index contributed by atoms with van der Waals surface area (Å²) in [6, 6.07) is 1.79. The zero-order valence-corrected chi connectivity index (χ0v) is 14.8. The molecule has 0 atom stereocenters. The topological polar surface area (TPSA) is 54.7 Å². The molecule has 1 aliphatic heterocycles. The lowest BCUT2D eigenvalue weighted by Gasteiger charge is -2.32. The number of hydrogen-bond acceptors (Lipinski definition) is 5. The summed E-state index contributed by atoms with van der Waals surface area (Å²) in [5, 5.41) is 4.80. The van der Waals surface area contributed by atoms with Gasteiger partial charge in [-0.15, -0.1) is 0 Å². The Kier molecular flexibility index (Phi) is 4.10. The molecule has 0 amide bonds. The van der Waals surface area contributed by atoms with Gasteiger partial charge in [0.05, 0.1) is 11.2 Å². The normalized spacial score (nSPS) is 19.2. The minimum absolute atomic E-state index is 0.0431. The molecular formula is C16H22BFN2O4. The average Bonchev–Trinajstić information content (AvgIpc) is 2.94. The molecule has 8 heteroatoms. The molecule has 2 aromatic rings. The van der Waals surface area contributed by atoms with Crippen molar-refractivity contribution in [1.29, 1.82) is 0 Å². The van der Waals surface area contributed by atoms with E-state index in [1.807, 2.05) is 27.7 Å². The quantitative estimate of drug-likeness (QED) is 0.631. The number of aryl methyl sites for hydroxylation is 1. The molecule has 24 heavy (non-hydrogen) atoms. The lowest BCUT2D eigenvalue weighted by molar-refractivity contribution is 0.00578. The molecule has 1 fully saturated rings. The fourth-order valence-corrected chi connectivity index (χ4v) is 2.66. The monoisotopic (exact) mass is 336 g/mol. The first-order valence-corrected chi connectivity index (χ1v) is 7.79. The molecule has 6 nitrogen and oxygen atoms in total. The molecule has 0 saturated carbocycles. The van der Waals surface area contributed by atoms with Crippen molar-refractivity contribution in [2.45, 2.75) is 38.9 Å². The molecule has 1 aliphatic rings. The summed E-state index contributed by atoms with van der Waals surface area (Å²) in [5.41, 5.74) is -0.333. The van der Waals surface area contributed by atoms with Crippen molar-refractivity contribution in [3.05, 3.63) is 18.1 Å². The number of aromatic nitrogens is 2. The van der Waals surface area contributed by atoms with Gasteiger partial charge in [0.15, 0.2) is 18.4 Å². The first-order chi connectivity index (χ1) is 11.2. The van der Waals surface area contributed by atoms with E-state index in [4.69, 9.17) is 18.8 Å². The SMILES string of the molecule is COCOc1c(B2OC(C)(C)C(C)(C)O2)cc2cn(C)nc2c1F. The number of fused-ring (bicyclic) bond motifs is 1. The third kappa shape index (κ3) is 2.68. The molecule has 0 bridgehead atoms. The minimum Gasteiger partial charge on any atom is -0.465 e. The van der Waals surface area contributed by atoms with Crippen LogP contribution in [0.1, 0.15) is 27.7 Å². The maximum Gasteiger partial charge on any atom is 0.498 e. The molecule has 1 aromatic heterocycles. The number of benzene rings is 1. The Morgan fingerprint density at radius 3 is 2.46 bits per heavy atom. The Bertz CT molecular complexity index is 759. The smallest absolute Gasteiger partial charge is 0.465 e. The molecule has 1 aromatic carbocycles. The minimum atomic E-state index is -0.735. The molecule has 2 heterocycles. The van der Waals surface area contributed by atoms with Crippen LogP contribution in [0.4, 0.5) is 4.39 Å². The number of hydrogen-bond donors (Lipinski definition) is 0. The summed E-state index contributed by atoms with van der Waals surface area (Å²) in [5.74, 6) is -0.503. The molecule has 0 aliphatic carbocycles. The molecule has 0 spiro atoms. The van der Waals surface area contributed by atoms with E-state index in [2.05, 4.69) is 5.10 Å². The van der Waals surface area contributed by atoms with Gasteiger partial charge >= 0.3 is 7.12 Å². The van der Waals surface area contributed by atoms with E-state index in [0.717, 1.165) is 0 Å². The third-order valence-corrected chi connectivity index (χ3v) is 4.67. The second-order valence-electron chi connectivity index (χ2n) is 6.99. The highest BCUT2D eigenvalue weighted by Gasteiger charge is 2.53. The van der Waals surface area contributed by atoms with Gasteiger partial charge in [-0.2, -0.15) is 5.10 Å². The Morgan fingerprint density at radius 1 is 1.25 bits per heavy atom. The molecule has 1 saturated heterocycles. The van der Waals surface area contributed by atoms with Crippen molar-refractivity contribution in [3.8, 4) is 5.75 Å². The van der Waals surface area contributed by atoms with Gasteiger partial charge < -0.3 is 18.8 Å². The first kappa shape index (κ1) is 17.2. The van der Waals surface area contributed by atoms with Crippen LogP contribution in [0.2, 0.25) is 0 Å². The van der Waals surface area contributed by atoms with Crippen LogP contribution in [-0.2, 0) is 21.1 Å². The van der Waals surface area contributed by atoms with Crippen molar-refractivity contribution in [3.63, 3.8) is 0 Å². The number of rotatable bonds is 4. The van der Waals surface area contributed by atoms with Crippen molar-refractivity contribution < 1.29 is 23.2 Å². The molecule has 0 unspecified atom stereocenters. The second kappa shape index (κ2) is 5.72. The average molecular weight is 336 g/mol. The van der Waals surface area contributed by atoms with Crippen LogP contribution in [0.25, 0.3) is 10.9 Å². The highest BCUT2D eigenvalue weighted by atomic mass is 19.1. The van der Waals surface area contributed by atoms with Crippen molar-refractivity contribution in [2.24, 2.45) is 7.05 Å². The van der Waals surface area contributed by atoms with Gasteiger partial charge in [-0.3, -0.25) is 4.68 Å². The zero-order chi connectivity index (χ0) is 17.7. The van der Waals surface area contributed by atoms with E-state index in [1.165, 1.54) is 7.11 Å². The Labute approximate surface area is 141 Å². The molecule has 0 radical (unpaired) electrons. The van der Waals surface area contributed by atoms with E-state index in [-0.39, 0.29) is 18.1 Å². The summed E-state index contributed by atoms with van der Waals surface area (Å²) < 4.78 is 39.0. The van der Waals surface area contributed by atoms with E-state index >= 15 is 0 Å². The second-order valence-corrected chi connectivity index (χ2v) is 6.99. The summed E-state index contributed by atoms with van der Waals surface area (Å²) in [4.78, 5) is 0. The van der Waals surface area contributed by atoms with Gasteiger partial charge in [0.2, 0.25) is 0 Å². The molecular weight excluding hydrogens is 314 g/mol. The maximum absolute atomic E-state index is 14.9. The predicted octanol–water partition coefficient (Wildman–Crippen LogP) is 1.99. The Hall–Kier alpha value is -1.64. The number of nitrogens with zero attached hydrogens (tertiary/aromatic N) is 2. The molecule has 0 N–H and O–H groups in total. The number of methoxy groups -OCH3 is 1. The van der Waals surface area contributed by atoms with Crippen molar-refractivity contribution in [1.82, 2.24) is 9.78 Å². The van der Waals surface area contributed by atoms with Crippen LogP contribution < -0.4 is 10.2 Å². The van der Waals surface area contributed by atoms with E-state index in [0.29, 0.717) is 10.8 Å². The molecule has 130 valence electrons. The van der Waals surface area contributed by atoms with Crippen LogP contribution in [0, 0.1) is 5.82 Å². The largest absolute Gasteiger partial charge is 0.498 e. The van der Waals surface area contributed by atoms with Crippen LogP contribution in [0.5, 0.6) is 5.75 Å². The Morgan fingerprint density at radius 2 is 1.88 bits per heavy atom. The van der Waals surface area contributed by atoms with E-state index < -0.39 is 24.1 Å². The summed E-state index contributed by atoms with van der Waals surface area (Å²) in [6.07, 6.45) is 1.74. The van der Waals surface area contributed by atoms with Crippen molar-refractivity contribution in [2.75, 3.05) is 13.9 Å². The highest BCUT2D eigenvalue weighted by molar-refractivity contribution is 6.63. The standard InChI is InChI=1S/C16H22BFN2O4/c1-15(2)16(3,4)24-17(23-15)11-7-10-8-20(5)19-13(10)12(18)14(11)22-9-21-6/h7-8H,9H2,1-6H3.